The molecule has 1 aromatic heterocycles. The third-order valence-electron chi connectivity index (χ3n) is 3.15. The van der Waals surface area contributed by atoms with Gasteiger partial charge in [-0.1, -0.05) is 25.8 Å². The predicted octanol–water partition coefficient (Wildman–Crippen LogP) is 3.50. The van der Waals surface area contributed by atoms with Crippen LogP contribution >= 0.6 is 11.3 Å². The number of benzene rings is 1. The standard InChI is InChI=1S/C16H18FNO3S/c1-2-3-4-8-18-15(19)10-21-16(20)14-9-11-12(17)6-5-7-13(11)22-14/h5-7,9H,2-4,8,10H2,1H3,(H,18,19). The summed E-state index contributed by atoms with van der Waals surface area (Å²) in [7, 11) is 0. The van der Waals surface area contributed by atoms with Crippen LogP contribution in [0.4, 0.5) is 4.39 Å². The van der Waals surface area contributed by atoms with Crippen molar-refractivity contribution in [2.45, 2.75) is 26.2 Å². The molecule has 1 amide bonds. The zero-order valence-corrected chi connectivity index (χ0v) is 13.2. The Bertz CT molecular complexity index is 668. The Morgan fingerprint density at radius 3 is 2.86 bits per heavy atom. The molecule has 0 aliphatic rings. The number of unbranched alkanes of at least 4 members (excludes halogenated alkanes) is 2. The summed E-state index contributed by atoms with van der Waals surface area (Å²) in [6, 6.07) is 6.12. The minimum Gasteiger partial charge on any atom is -0.451 e. The van der Waals surface area contributed by atoms with E-state index in [2.05, 4.69) is 12.2 Å². The topological polar surface area (TPSA) is 55.4 Å². The average molecular weight is 323 g/mol. The molecule has 4 nitrogen and oxygen atoms in total. The van der Waals surface area contributed by atoms with Crippen LogP contribution in [0.2, 0.25) is 0 Å². The number of carbonyl (C=O) groups excluding carboxylic acids is 2. The van der Waals surface area contributed by atoms with Gasteiger partial charge in [-0.05, 0) is 24.6 Å². The second-order valence-electron chi connectivity index (χ2n) is 4.90. The minimum absolute atomic E-state index is 0.291. The fourth-order valence-electron chi connectivity index (χ4n) is 1.98. The molecule has 0 spiro atoms. The van der Waals surface area contributed by atoms with Crippen molar-refractivity contribution in [3.63, 3.8) is 0 Å². The maximum atomic E-state index is 13.6. The van der Waals surface area contributed by atoms with Crippen LogP contribution in [-0.4, -0.2) is 25.0 Å². The highest BCUT2D eigenvalue weighted by Gasteiger charge is 2.15. The van der Waals surface area contributed by atoms with Crippen molar-refractivity contribution < 1.29 is 18.7 Å². The average Bonchev–Trinajstić information content (AvgIpc) is 2.95. The number of hydrogen-bond acceptors (Lipinski definition) is 4. The molecule has 0 aliphatic carbocycles. The van der Waals surface area contributed by atoms with Crippen LogP contribution in [0.3, 0.4) is 0 Å². The predicted molar refractivity (Wildman–Crippen MR) is 84.6 cm³/mol. The second kappa shape index (κ2) is 7.89. The van der Waals surface area contributed by atoms with Crippen LogP contribution in [0.15, 0.2) is 24.3 Å². The van der Waals surface area contributed by atoms with Crippen molar-refractivity contribution in [2.24, 2.45) is 0 Å². The molecule has 0 atom stereocenters. The van der Waals surface area contributed by atoms with E-state index in [1.165, 1.54) is 12.1 Å². The molecule has 0 radical (unpaired) electrons. The van der Waals surface area contributed by atoms with Crippen LogP contribution < -0.4 is 5.32 Å². The minimum atomic E-state index is -0.607. The highest BCUT2D eigenvalue weighted by molar-refractivity contribution is 7.20. The van der Waals surface area contributed by atoms with E-state index >= 15 is 0 Å². The van der Waals surface area contributed by atoms with E-state index in [-0.39, 0.29) is 18.3 Å². The van der Waals surface area contributed by atoms with Gasteiger partial charge in [0.25, 0.3) is 5.91 Å². The summed E-state index contributed by atoms with van der Waals surface area (Å²) in [6.07, 6.45) is 3.03. The lowest BCUT2D eigenvalue weighted by atomic mass is 10.2. The van der Waals surface area contributed by atoms with Gasteiger partial charge in [-0.15, -0.1) is 11.3 Å². The van der Waals surface area contributed by atoms with Crippen molar-refractivity contribution in [1.29, 1.82) is 0 Å². The number of esters is 1. The second-order valence-corrected chi connectivity index (χ2v) is 5.98. The van der Waals surface area contributed by atoms with Crippen LogP contribution in [-0.2, 0) is 9.53 Å². The number of nitrogens with one attached hydrogen (secondary N) is 1. The Morgan fingerprint density at radius 2 is 2.14 bits per heavy atom. The van der Waals surface area contributed by atoms with Crippen molar-refractivity contribution in [3.8, 4) is 0 Å². The van der Waals surface area contributed by atoms with E-state index in [0.29, 0.717) is 21.5 Å². The number of thiophene rings is 1. The number of hydrogen-bond donors (Lipinski definition) is 1. The van der Waals surface area contributed by atoms with Crippen LogP contribution in [0.25, 0.3) is 10.1 Å². The summed E-state index contributed by atoms with van der Waals surface area (Å²) >= 11 is 1.15. The summed E-state index contributed by atoms with van der Waals surface area (Å²) in [5.74, 6) is -1.30. The lowest BCUT2D eigenvalue weighted by molar-refractivity contribution is -0.124. The van der Waals surface area contributed by atoms with Gasteiger partial charge in [-0.25, -0.2) is 9.18 Å². The normalized spacial score (nSPS) is 10.6. The van der Waals surface area contributed by atoms with Crippen LogP contribution in [0.5, 0.6) is 0 Å². The van der Waals surface area contributed by atoms with Crippen LogP contribution in [0, 0.1) is 5.82 Å². The Labute approximate surface area is 132 Å². The van der Waals surface area contributed by atoms with E-state index in [1.807, 2.05) is 0 Å². The zero-order valence-electron chi connectivity index (χ0n) is 12.4. The van der Waals surface area contributed by atoms with Gasteiger partial charge in [-0.2, -0.15) is 0 Å². The van der Waals surface area contributed by atoms with Gasteiger partial charge in [0.1, 0.15) is 10.7 Å². The molecular formula is C16H18FNO3S. The van der Waals surface area contributed by atoms with Gasteiger partial charge in [0.2, 0.25) is 0 Å². The maximum Gasteiger partial charge on any atom is 0.348 e. The Balaban J connectivity index is 1.86. The first-order valence-electron chi connectivity index (χ1n) is 7.23. The molecule has 0 bridgehead atoms. The molecule has 0 aliphatic heterocycles. The highest BCUT2D eigenvalue weighted by Crippen LogP contribution is 2.27. The third kappa shape index (κ3) is 4.27. The monoisotopic (exact) mass is 323 g/mol. The van der Waals surface area contributed by atoms with E-state index in [4.69, 9.17) is 4.74 Å². The molecule has 118 valence electrons. The molecule has 0 saturated carbocycles. The Hall–Kier alpha value is -1.95. The fourth-order valence-corrected chi connectivity index (χ4v) is 2.95. The highest BCUT2D eigenvalue weighted by atomic mass is 32.1. The van der Waals surface area contributed by atoms with Gasteiger partial charge in [-0.3, -0.25) is 4.79 Å². The van der Waals surface area contributed by atoms with E-state index in [9.17, 15) is 14.0 Å². The van der Waals surface area contributed by atoms with Crippen molar-refractivity contribution in [1.82, 2.24) is 5.32 Å². The third-order valence-corrected chi connectivity index (χ3v) is 4.23. The number of fused-ring (bicyclic) bond motifs is 1. The fraction of sp³-hybridized carbons (Fsp3) is 0.375. The molecule has 2 rings (SSSR count). The van der Waals surface area contributed by atoms with E-state index in [0.717, 1.165) is 30.6 Å². The molecule has 1 aromatic carbocycles. The van der Waals surface area contributed by atoms with Crippen LogP contribution in [0.1, 0.15) is 35.9 Å². The largest absolute Gasteiger partial charge is 0.451 e. The zero-order chi connectivity index (χ0) is 15.9. The van der Waals surface area contributed by atoms with Gasteiger partial charge < -0.3 is 10.1 Å². The molecule has 0 saturated heterocycles. The quantitative estimate of drug-likeness (QED) is 0.627. The maximum absolute atomic E-state index is 13.6. The number of rotatable bonds is 7. The smallest absolute Gasteiger partial charge is 0.348 e. The lowest BCUT2D eigenvalue weighted by Gasteiger charge is -2.05. The first kappa shape index (κ1) is 16.4. The molecular weight excluding hydrogens is 305 g/mol. The number of ether oxygens (including phenoxy) is 1. The van der Waals surface area contributed by atoms with E-state index < -0.39 is 5.97 Å². The summed E-state index contributed by atoms with van der Waals surface area (Å²) in [4.78, 5) is 23.7. The summed E-state index contributed by atoms with van der Waals surface area (Å²) in [5.41, 5.74) is 0. The van der Waals surface area contributed by atoms with Gasteiger partial charge in [0, 0.05) is 16.6 Å². The Kier molecular flexibility index (Phi) is 5.89. The van der Waals surface area contributed by atoms with Crippen molar-refractivity contribution in [3.05, 3.63) is 35.0 Å². The molecule has 0 fully saturated rings. The molecule has 1 heterocycles. The summed E-state index contributed by atoms with van der Waals surface area (Å²) in [5, 5.41) is 3.08. The molecule has 1 N–H and O–H groups in total. The lowest BCUT2D eigenvalue weighted by Crippen LogP contribution is -2.29. The number of carbonyl (C=O) groups is 2. The molecule has 2 aromatic rings. The van der Waals surface area contributed by atoms with Crippen molar-refractivity contribution >= 4 is 33.3 Å². The molecule has 22 heavy (non-hydrogen) atoms. The number of amides is 1. The van der Waals surface area contributed by atoms with Gasteiger partial charge in [0.15, 0.2) is 6.61 Å². The summed E-state index contributed by atoms with van der Waals surface area (Å²) in [6.45, 7) is 2.34. The Morgan fingerprint density at radius 1 is 1.32 bits per heavy atom. The first-order chi connectivity index (χ1) is 10.6. The van der Waals surface area contributed by atoms with E-state index in [1.54, 1.807) is 12.1 Å². The summed E-state index contributed by atoms with van der Waals surface area (Å²) < 4.78 is 19.2. The SMILES string of the molecule is CCCCCNC(=O)COC(=O)c1cc2c(F)cccc2s1. The molecule has 6 heteroatoms. The number of halogens is 1. The van der Waals surface area contributed by atoms with Gasteiger partial charge >= 0.3 is 5.97 Å². The van der Waals surface area contributed by atoms with Crippen molar-refractivity contribution in [2.75, 3.05) is 13.2 Å². The first-order valence-corrected chi connectivity index (χ1v) is 8.05. The molecule has 0 unspecified atom stereocenters. The van der Waals surface area contributed by atoms with Gasteiger partial charge in [0.05, 0.1) is 0 Å².